The molecule has 1 aliphatic heterocycles. The molecule has 0 unspecified atom stereocenters. The summed E-state index contributed by atoms with van der Waals surface area (Å²) in [4.78, 5) is 38.9. The first kappa shape index (κ1) is 19.8. The van der Waals surface area contributed by atoms with Gasteiger partial charge in [-0.3, -0.25) is 19.3 Å². The minimum absolute atomic E-state index is 0.0305. The molecule has 2 aromatic rings. The number of fused-ring (bicyclic) bond motifs is 1. The van der Waals surface area contributed by atoms with Gasteiger partial charge in [0, 0.05) is 11.3 Å². The van der Waals surface area contributed by atoms with E-state index in [0.717, 1.165) is 5.56 Å². The number of hydrogen-bond donors (Lipinski definition) is 1. The Bertz CT molecular complexity index is 1050. The van der Waals surface area contributed by atoms with E-state index < -0.39 is 17.8 Å². The fraction of sp³-hybridized carbons (Fsp3) is 0.182. The maximum atomic E-state index is 13.0. The number of nitrogens with zero attached hydrogens (tertiary/aromatic N) is 2. The molecule has 0 radical (unpaired) electrons. The van der Waals surface area contributed by atoms with Crippen LogP contribution in [-0.4, -0.2) is 30.9 Å². The molecule has 0 fully saturated rings. The van der Waals surface area contributed by atoms with Crippen molar-refractivity contribution in [2.75, 3.05) is 23.4 Å². The van der Waals surface area contributed by atoms with Crippen LogP contribution in [0, 0.1) is 18.3 Å². The third kappa shape index (κ3) is 4.01. The number of nitrogens with one attached hydrogen (secondary N) is 1. The predicted molar refractivity (Wildman–Crippen MR) is 108 cm³/mol. The Hall–Kier alpha value is -3.92. The van der Waals surface area contributed by atoms with Gasteiger partial charge in [-0.2, -0.15) is 5.26 Å². The van der Waals surface area contributed by atoms with Gasteiger partial charge < -0.3 is 10.1 Å². The third-order valence-electron chi connectivity index (χ3n) is 4.41. The topological polar surface area (TPSA) is 99.5 Å². The highest BCUT2D eigenvalue weighted by atomic mass is 16.5. The average Bonchev–Trinajstić information content (AvgIpc) is 2.97. The van der Waals surface area contributed by atoms with Crippen molar-refractivity contribution in [2.24, 2.45) is 0 Å². The molecule has 0 spiro atoms. The highest BCUT2D eigenvalue weighted by Crippen LogP contribution is 2.38. The van der Waals surface area contributed by atoms with Crippen LogP contribution in [0.4, 0.5) is 11.4 Å². The molecular formula is C22H19N3O4. The minimum Gasteiger partial charge on any atom is -0.465 e. The first-order chi connectivity index (χ1) is 14.0. The molecule has 0 bridgehead atoms. The van der Waals surface area contributed by atoms with Crippen LogP contribution in [0.2, 0.25) is 0 Å². The van der Waals surface area contributed by atoms with Crippen molar-refractivity contribution in [1.29, 1.82) is 5.26 Å². The molecule has 0 aromatic heterocycles. The Morgan fingerprint density at radius 3 is 2.48 bits per heavy atom. The Kier molecular flexibility index (Phi) is 5.74. The number of para-hydroxylation sites is 1. The van der Waals surface area contributed by atoms with Crippen LogP contribution in [0.3, 0.4) is 0 Å². The van der Waals surface area contributed by atoms with Gasteiger partial charge >= 0.3 is 5.97 Å². The molecule has 0 aliphatic carbocycles. The van der Waals surface area contributed by atoms with Crippen LogP contribution in [0.25, 0.3) is 5.57 Å². The zero-order chi connectivity index (χ0) is 21.0. The Balaban J connectivity index is 1.99. The molecule has 3 rings (SSSR count). The number of nitriles is 1. The van der Waals surface area contributed by atoms with Crippen LogP contribution < -0.4 is 10.2 Å². The van der Waals surface area contributed by atoms with Gasteiger partial charge in [-0.15, -0.1) is 0 Å². The molecule has 1 heterocycles. The number of benzene rings is 2. The lowest BCUT2D eigenvalue weighted by Crippen LogP contribution is -2.33. The number of aryl methyl sites for hydroxylation is 1. The quantitative estimate of drug-likeness (QED) is 0.482. The van der Waals surface area contributed by atoms with E-state index in [-0.39, 0.29) is 24.3 Å². The molecule has 0 saturated carbocycles. The van der Waals surface area contributed by atoms with E-state index in [1.54, 1.807) is 43.3 Å². The molecule has 146 valence electrons. The van der Waals surface area contributed by atoms with Crippen LogP contribution in [0.5, 0.6) is 0 Å². The van der Waals surface area contributed by atoms with Crippen LogP contribution in [-0.2, 0) is 19.1 Å². The van der Waals surface area contributed by atoms with Gasteiger partial charge in [0.05, 0.1) is 17.9 Å². The number of carbonyl (C=O) groups excluding carboxylic acids is 3. The SMILES string of the molecule is CCOC(=O)CN1C(=O)/C(=C(\C#N)C(=O)Nc2ccc(C)cc2)c2ccccc21. The normalized spacial score (nSPS) is 14.1. The molecule has 1 N–H and O–H groups in total. The lowest BCUT2D eigenvalue weighted by atomic mass is 10.0. The number of anilines is 2. The molecule has 0 atom stereocenters. The number of rotatable bonds is 5. The van der Waals surface area contributed by atoms with Crippen molar-refractivity contribution in [3.63, 3.8) is 0 Å². The Labute approximate surface area is 168 Å². The Morgan fingerprint density at radius 1 is 1.14 bits per heavy atom. The monoisotopic (exact) mass is 389 g/mol. The molecule has 0 saturated heterocycles. The summed E-state index contributed by atoms with van der Waals surface area (Å²) in [7, 11) is 0. The summed E-state index contributed by atoms with van der Waals surface area (Å²) in [5.74, 6) is -1.85. The summed E-state index contributed by atoms with van der Waals surface area (Å²) in [5.41, 5.74) is 2.08. The summed E-state index contributed by atoms with van der Waals surface area (Å²) in [6.07, 6.45) is 0. The third-order valence-corrected chi connectivity index (χ3v) is 4.41. The van der Waals surface area contributed by atoms with Gasteiger partial charge in [-0.25, -0.2) is 0 Å². The van der Waals surface area contributed by atoms with E-state index in [1.807, 2.05) is 25.1 Å². The second-order valence-corrected chi connectivity index (χ2v) is 6.40. The molecule has 7 heteroatoms. The van der Waals surface area contributed by atoms with Crippen molar-refractivity contribution in [3.8, 4) is 6.07 Å². The molecule has 2 aromatic carbocycles. The second kappa shape index (κ2) is 8.40. The zero-order valence-corrected chi connectivity index (χ0v) is 16.1. The molecule has 1 aliphatic rings. The molecule has 29 heavy (non-hydrogen) atoms. The van der Waals surface area contributed by atoms with Crippen LogP contribution in [0.1, 0.15) is 18.1 Å². The number of carbonyl (C=O) groups is 3. The van der Waals surface area contributed by atoms with Gasteiger partial charge in [0.15, 0.2) is 0 Å². The zero-order valence-electron chi connectivity index (χ0n) is 16.1. The summed E-state index contributed by atoms with van der Waals surface area (Å²) < 4.78 is 4.93. The van der Waals surface area contributed by atoms with E-state index in [1.165, 1.54) is 4.90 Å². The largest absolute Gasteiger partial charge is 0.465 e. The fourth-order valence-electron chi connectivity index (χ4n) is 3.06. The van der Waals surface area contributed by atoms with Gasteiger partial charge in [-0.1, -0.05) is 35.9 Å². The van der Waals surface area contributed by atoms with Gasteiger partial charge in [0.1, 0.15) is 18.2 Å². The number of esters is 1. The van der Waals surface area contributed by atoms with Gasteiger partial charge in [0.2, 0.25) is 0 Å². The van der Waals surface area contributed by atoms with E-state index >= 15 is 0 Å². The summed E-state index contributed by atoms with van der Waals surface area (Å²) in [5, 5.41) is 12.3. The number of amides is 2. The first-order valence-corrected chi connectivity index (χ1v) is 9.05. The van der Waals surface area contributed by atoms with E-state index in [0.29, 0.717) is 16.9 Å². The van der Waals surface area contributed by atoms with E-state index in [9.17, 15) is 19.6 Å². The standard InChI is InChI=1S/C22H19N3O4/c1-3-29-19(26)13-25-18-7-5-4-6-16(18)20(22(25)28)17(12-23)21(27)24-15-10-8-14(2)9-11-15/h4-11H,3,13H2,1-2H3,(H,24,27)/b20-17+. The number of ether oxygens (including phenoxy) is 1. The van der Waals surface area contributed by atoms with Crippen molar-refractivity contribution < 1.29 is 19.1 Å². The predicted octanol–water partition coefficient (Wildman–Crippen LogP) is 2.82. The van der Waals surface area contributed by atoms with Crippen LogP contribution in [0.15, 0.2) is 54.1 Å². The highest BCUT2D eigenvalue weighted by Gasteiger charge is 2.37. The maximum Gasteiger partial charge on any atom is 0.326 e. The molecular weight excluding hydrogens is 370 g/mol. The van der Waals surface area contributed by atoms with Crippen molar-refractivity contribution >= 4 is 34.7 Å². The van der Waals surface area contributed by atoms with Gasteiger partial charge in [0.25, 0.3) is 11.8 Å². The van der Waals surface area contributed by atoms with Crippen molar-refractivity contribution in [2.45, 2.75) is 13.8 Å². The second-order valence-electron chi connectivity index (χ2n) is 6.40. The van der Waals surface area contributed by atoms with Gasteiger partial charge in [-0.05, 0) is 32.0 Å². The van der Waals surface area contributed by atoms with E-state index in [2.05, 4.69) is 5.32 Å². The summed E-state index contributed by atoms with van der Waals surface area (Å²) in [6, 6.07) is 15.6. The maximum absolute atomic E-state index is 13.0. The Morgan fingerprint density at radius 2 is 1.83 bits per heavy atom. The number of hydrogen-bond acceptors (Lipinski definition) is 5. The van der Waals surface area contributed by atoms with Crippen molar-refractivity contribution in [3.05, 3.63) is 65.2 Å². The fourth-order valence-corrected chi connectivity index (χ4v) is 3.06. The van der Waals surface area contributed by atoms with Crippen molar-refractivity contribution in [1.82, 2.24) is 0 Å². The van der Waals surface area contributed by atoms with Crippen LogP contribution >= 0.6 is 0 Å². The molecule has 2 amide bonds. The highest BCUT2D eigenvalue weighted by molar-refractivity contribution is 6.38. The lowest BCUT2D eigenvalue weighted by Gasteiger charge is -2.15. The molecule has 7 nitrogen and oxygen atoms in total. The summed E-state index contributed by atoms with van der Waals surface area (Å²) >= 11 is 0. The summed E-state index contributed by atoms with van der Waals surface area (Å²) in [6.45, 7) is 3.48. The minimum atomic E-state index is -0.688. The smallest absolute Gasteiger partial charge is 0.326 e. The first-order valence-electron chi connectivity index (χ1n) is 9.05. The van der Waals surface area contributed by atoms with E-state index in [4.69, 9.17) is 4.74 Å². The lowest BCUT2D eigenvalue weighted by molar-refractivity contribution is -0.142. The average molecular weight is 389 g/mol.